The summed E-state index contributed by atoms with van der Waals surface area (Å²) in [7, 11) is 6.00. The Bertz CT molecular complexity index is 2240. The van der Waals surface area contributed by atoms with Gasteiger partial charge in [0.1, 0.15) is 24.1 Å². The SMILES string of the molecule is COC(=O)N[C@H](C(=O)N1CC2(C[C@H]1c1ncc(-c3ccc(-c4ccc(-c5[nH]c([C@@H]6CCCN6C(=O)[C@@H](NC(C)OC)[C@@H](C)OC)c6c5CCC6)cc4)cc3)[nH]1)OCCO2)[C@@H](C)OC. The molecule has 2 aromatic carbocycles. The Labute approximate surface area is 368 Å². The molecule has 7 atom stereocenters. The summed E-state index contributed by atoms with van der Waals surface area (Å²) in [5, 5.41) is 5.96. The highest BCUT2D eigenvalue weighted by Crippen LogP contribution is 2.44. The first kappa shape index (κ1) is 44.5. The van der Waals surface area contributed by atoms with Crippen LogP contribution in [0.5, 0.6) is 0 Å². The second-order valence-corrected chi connectivity index (χ2v) is 17.1. The van der Waals surface area contributed by atoms with Crippen LogP contribution in [0.15, 0.2) is 54.7 Å². The van der Waals surface area contributed by atoms with Crippen LogP contribution in [0, 0.1) is 0 Å². The largest absolute Gasteiger partial charge is 0.453 e. The number of carbonyl (C=O) groups excluding carboxylic acids is 3. The van der Waals surface area contributed by atoms with Gasteiger partial charge in [-0.3, -0.25) is 14.9 Å². The third kappa shape index (κ3) is 8.89. The minimum atomic E-state index is -1.00. The van der Waals surface area contributed by atoms with E-state index in [1.807, 2.05) is 18.7 Å². The molecule has 3 amide bonds. The number of aromatic nitrogens is 3. The molecule has 0 bridgehead atoms. The van der Waals surface area contributed by atoms with Crippen molar-refractivity contribution >= 4 is 17.9 Å². The number of alkyl carbamates (subject to hydrolysis) is 1. The number of amides is 3. The predicted octanol–water partition coefficient (Wildman–Crippen LogP) is 5.65. The van der Waals surface area contributed by atoms with Gasteiger partial charge >= 0.3 is 6.09 Å². The standard InChI is InChI=1S/C47H61N7O9/c1-27(58-4)39(49-29(3)60-6)44(55)53-21-9-12-37(53)42-35-11-8-10-34(35)41(51-42)33-19-15-31(16-20-33)30-13-17-32(18-14-30)36-25-48-43(50-36)38-24-47(62-22-23-63-47)26-54(38)45(56)40(28(2)59-5)52-46(57)61-7/h13-20,25,27-29,37-40,49,51H,8-12,21-24,26H2,1-7H3,(H,48,50)(H,52,57)/t27-,28-,29?,37+,38+,39+,40+/m1/s1. The molecule has 4 aromatic rings. The zero-order valence-corrected chi connectivity index (χ0v) is 37.3. The van der Waals surface area contributed by atoms with Crippen LogP contribution in [0.3, 0.4) is 0 Å². The first-order valence-corrected chi connectivity index (χ1v) is 22.1. The van der Waals surface area contributed by atoms with Crippen LogP contribution >= 0.6 is 0 Å². The Balaban J connectivity index is 0.985. The fourth-order valence-electron chi connectivity index (χ4n) is 9.73. The van der Waals surface area contributed by atoms with Crippen molar-refractivity contribution in [2.45, 2.75) is 108 Å². The van der Waals surface area contributed by atoms with Crippen LogP contribution in [-0.2, 0) is 50.9 Å². The van der Waals surface area contributed by atoms with Crippen molar-refractivity contribution in [2.24, 2.45) is 0 Å². The Morgan fingerprint density at radius 2 is 1.38 bits per heavy atom. The minimum Gasteiger partial charge on any atom is -0.453 e. The molecule has 2 aromatic heterocycles. The van der Waals surface area contributed by atoms with Crippen molar-refractivity contribution in [3.8, 4) is 33.6 Å². The lowest BCUT2D eigenvalue weighted by molar-refractivity contribution is -0.154. The van der Waals surface area contributed by atoms with Crippen LogP contribution in [-0.4, -0.2) is 134 Å². The van der Waals surface area contributed by atoms with Crippen LogP contribution < -0.4 is 10.6 Å². The Morgan fingerprint density at radius 3 is 2.03 bits per heavy atom. The van der Waals surface area contributed by atoms with Crippen LogP contribution in [0.2, 0.25) is 0 Å². The molecule has 0 radical (unpaired) electrons. The summed E-state index contributed by atoms with van der Waals surface area (Å²) in [6.07, 6.45) is 5.14. The number of nitrogens with zero attached hydrogens (tertiary/aromatic N) is 3. The Morgan fingerprint density at radius 1 is 0.762 bits per heavy atom. The second-order valence-electron chi connectivity index (χ2n) is 17.1. The van der Waals surface area contributed by atoms with Gasteiger partial charge < -0.3 is 53.5 Å². The molecule has 3 fully saturated rings. The molecule has 63 heavy (non-hydrogen) atoms. The third-order valence-corrected chi connectivity index (χ3v) is 13.4. The summed E-state index contributed by atoms with van der Waals surface area (Å²) in [4.78, 5) is 56.2. The first-order valence-electron chi connectivity index (χ1n) is 22.1. The quantitative estimate of drug-likeness (QED) is 0.108. The van der Waals surface area contributed by atoms with E-state index in [1.165, 1.54) is 31.0 Å². The second kappa shape index (κ2) is 18.9. The number of imidazole rings is 1. The van der Waals surface area contributed by atoms with E-state index in [0.29, 0.717) is 32.0 Å². The van der Waals surface area contributed by atoms with E-state index in [4.69, 9.17) is 33.4 Å². The van der Waals surface area contributed by atoms with Gasteiger partial charge in [0.15, 0.2) is 5.79 Å². The van der Waals surface area contributed by atoms with E-state index < -0.39 is 36.1 Å². The van der Waals surface area contributed by atoms with Crippen molar-refractivity contribution < 1.29 is 42.8 Å². The summed E-state index contributed by atoms with van der Waals surface area (Å²) in [6, 6.07) is 14.9. The zero-order chi connectivity index (χ0) is 44.4. The lowest BCUT2D eigenvalue weighted by Crippen LogP contribution is -2.55. The molecule has 4 aliphatic rings. The normalized spacial score (nSPS) is 21.6. The van der Waals surface area contributed by atoms with Crippen molar-refractivity contribution in [1.29, 1.82) is 0 Å². The predicted molar refractivity (Wildman–Crippen MR) is 234 cm³/mol. The maximum atomic E-state index is 14.1. The number of benzene rings is 2. The van der Waals surface area contributed by atoms with E-state index in [-0.39, 0.29) is 36.7 Å². The van der Waals surface area contributed by atoms with Crippen molar-refractivity contribution in [1.82, 2.24) is 35.4 Å². The fraction of sp³-hybridized carbons (Fsp3) is 0.532. The monoisotopic (exact) mass is 867 g/mol. The highest BCUT2D eigenvalue weighted by Gasteiger charge is 2.53. The van der Waals surface area contributed by atoms with Crippen LogP contribution in [0.4, 0.5) is 4.79 Å². The number of likely N-dealkylation sites (tertiary alicyclic amines) is 2. The van der Waals surface area contributed by atoms with Crippen molar-refractivity contribution in [3.63, 3.8) is 0 Å². The molecule has 8 rings (SSSR count). The van der Waals surface area contributed by atoms with Crippen molar-refractivity contribution in [3.05, 3.63) is 77.4 Å². The smallest absolute Gasteiger partial charge is 0.407 e. The summed E-state index contributed by atoms with van der Waals surface area (Å²) < 4.78 is 33.5. The van der Waals surface area contributed by atoms with E-state index in [2.05, 4.69) is 69.1 Å². The maximum absolute atomic E-state index is 14.1. The molecule has 3 saturated heterocycles. The van der Waals surface area contributed by atoms with Crippen molar-refractivity contribution in [2.75, 3.05) is 54.7 Å². The molecule has 16 heteroatoms. The molecule has 3 aliphatic heterocycles. The highest BCUT2D eigenvalue weighted by molar-refractivity contribution is 5.87. The topological polar surface area (TPSA) is 182 Å². The van der Waals surface area contributed by atoms with Crippen LogP contribution in [0.1, 0.15) is 81.2 Å². The average molecular weight is 868 g/mol. The van der Waals surface area contributed by atoms with E-state index >= 15 is 0 Å². The Hall–Kier alpha value is -5.10. The number of rotatable bonds is 15. The van der Waals surface area contributed by atoms with Gasteiger partial charge in [-0.05, 0) is 86.3 Å². The number of fused-ring (bicyclic) bond motifs is 1. The number of ether oxygens (including phenoxy) is 6. The Kier molecular flexibility index (Phi) is 13.4. The molecule has 5 heterocycles. The average Bonchev–Trinajstić information content (AvgIpc) is 4.18. The molecular formula is C47H61N7O9. The molecular weight excluding hydrogens is 807 g/mol. The van der Waals surface area contributed by atoms with Gasteiger partial charge in [-0.15, -0.1) is 0 Å². The summed E-state index contributed by atoms with van der Waals surface area (Å²) in [5.74, 6) is -0.703. The fourth-order valence-corrected chi connectivity index (χ4v) is 9.73. The maximum Gasteiger partial charge on any atom is 0.407 e. The number of H-pyrrole nitrogens is 2. The molecule has 1 unspecified atom stereocenters. The third-order valence-electron chi connectivity index (χ3n) is 13.4. The summed E-state index contributed by atoms with van der Waals surface area (Å²) >= 11 is 0. The number of methoxy groups -OCH3 is 4. The molecule has 0 saturated carbocycles. The number of hydrogen-bond acceptors (Lipinski definition) is 11. The zero-order valence-electron chi connectivity index (χ0n) is 37.3. The van der Waals surface area contributed by atoms with E-state index in [0.717, 1.165) is 65.7 Å². The van der Waals surface area contributed by atoms with Gasteiger partial charge in [0.05, 0.1) is 63.1 Å². The number of hydrogen-bond donors (Lipinski definition) is 4. The molecule has 338 valence electrons. The van der Waals surface area contributed by atoms with E-state index in [9.17, 15) is 14.4 Å². The number of nitrogens with one attached hydrogen (secondary N) is 4. The van der Waals surface area contributed by atoms with E-state index in [1.54, 1.807) is 32.2 Å². The lowest BCUT2D eigenvalue weighted by atomic mass is 9.99. The highest BCUT2D eigenvalue weighted by atomic mass is 16.7. The number of carbonyl (C=O) groups is 3. The van der Waals surface area contributed by atoms with Gasteiger partial charge in [0.25, 0.3) is 0 Å². The van der Waals surface area contributed by atoms with Gasteiger partial charge in [0.2, 0.25) is 11.8 Å². The van der Waals surface area contributed by atoms with Gasteiger partial charge in [-0.1, -0.05) is 48.5 Å². The molecule has 1 spiro atoms. The molecule has 4 N–H and O–H groups in total. The van der Waals surface area contributed by atoms with Gasteiger partial charge in [0, 0.05) is 45.7 Å². The minimum absolute atomic E-state index is 0.0213. The first-order chi connectivity index (χ1) is 30.5. The molecule has 16 nitrogen and oxygen atoms in total. The molecule has 1 aliphatic carbocycles. The summed E-state index contributed by atoms with van der Waals surface area (Å²) in [6.45, 7) is 7.26. The van der Waals surface area contributed by atoms with Crippen LogP contribution in [0.25, 0.3) is 33.6 Å². The number of aromatic amines is 2. The summed E-state index contributed by atoms with van der Waals surface area (Å²) in [5.41, 5.74) is 10.0. The van der Waals surface area contributed by atoms with Gasteiger partial charge in [-0.2, -0.15) is 0 Å². The van der Waals surface area contributed by atoms with Gasteiger partial charge in [-0.25, -0.2) is 9.78 Å². The lowest BCUT2D eigenvalue weighted by Gasteiger charge is -2.33.